The number of carbonyl (C=O) groups is 3. The predicted octanol–water partition coefficient (Wildman–Crippen LogP) is 3.27. The van der Waals surface area contributed by atoms with Crippen LogP contribution in [0.5, 0.6) is 17.2 Å². The van der Waals surface area contributed by atoms with Crippen LogP contribution in [-0.4, -0.2) is 65.1 Å². The van der Waals surface area contributed by atoms with Crippen LogP contribution in [0.25, 0.3) is 11.1 Å². The summed E-state index contributed by atoms with van der Waals surface area (Å²) in [6, 6.07) is 14.5. The van der Waals surface area contributed by atoms with E-state index in [0.717, 1.165) is 5.56 Å². The van der Waals surface area contributed by atoms with Crippen molar-refractivity contribution in [3.8, 4) is 28.4 Å². The van der Waals surface area contributed by atoms with Gasteiger partial charge in [-0.05, 0) is 34.9 Å². The zero-order chi connectivity index (χ0) is 30.8. The third kappa shape index (κ3) is 7.17. The van der Waals surface area contributed by atoms with Crippen molar-refractivity contribution in [1.82, 2.24) is 10.6 Å². The summed E-state index contributed by atoms with van der Waals surface area (Å²) in [5.74, 6) is -0.642. The first-order valence-corrected chi connectivity index (χ1v) is 13.0. The van der Waals surface area contributed by atoms with Crippen molar-refractivity contribution in [3.05, 3.63) is 77.4 Å². The van der Waals surface area contributed by atoms with Crippen LogP contribution in [0.15, 0.2) is 60.7 Å². The molecule has 0 heterocycles. The van der Waals surface area contributed by atoms with Gasteiger partial charge in [-0.25, -0.2) is 9.59 Å². The van der Waals surface area contributed by atoms with Crippen molar-refractivity contribution in [3.63, 3.8) is 0 Å². The lowest BCUT2D eigenvalue weighted by Gasteiger charge is -2.27. The molecule has 11 nitrogen and oxygen atoms in total. The van der Waals surface area contributed by atoms with E-state index in [1.54, 1.807) is 30.3 Å². The number of benzene rings is 3. The zero-order valence-electron chi connectivity index (χ0n) is 24.4. The maximum absolute atomic E-state index is 13.4. The van der Waals surface area contributed by atoms with Gasteiger partial charge in [-0.15, -0.1) is 0 Å². The van der Waals surface area contributed by atoms with Crippen LogP contribution in [0.3, 0.4) is 0 Å². The number of carbonyl (C=O) groups excluding carboxylic acids is 3. The largest absolute Gasteiger partial charge is 0.497 e. The summed E-state index contributed by atoms with van der Waals surface area (Å²) in [5.41, 5.74) is 2.41. The summed E-state index contributed by atoms with van der Waals surface area (Å²) in [6.45, 7) is 0.978. The number of rotatable bonds is 13. The molecule has 3 rings (SSSR count). The number of aliphatic hydroxyl groups is 1. The molecule has 0 unspecified atom stereocenters. The molecular formula is C31H36N2O9. The lowest BCUT2D eigenvalue weighted by Crippen LogP contribution is -2.35. The van der Waals surface area contributed by atoms with E-state index in [1.165, 1.54) is 42.5 Å². The molecule has 3 atom stereocenters. The first kappa shape index (κ1) is 31.9. The molecule has 0 aromatic heterocycles. The molecule has 0 aliphatic carbocycles. The normalized spacial score (nSPS) is 12.8. The number of methoxy groups -OCH3 is 5. The molecule has 0 fully saturated rings. The average molecular weight is 581 g/mol. The third-order valence-corrected chi connectivity index (χ3v) is 6.67. The standard InChI is InChI=1S/C31H36N2O9/c1-18(35)32-28(30(36)41-5)20-12-13-25(39-3)22(14-20)27-23(15-21(38-2)16-26(27)40-4)29(31(37)42-6)33-24(17-34)19-10-8-7-9-11-19/h7-16,24,28-29,33-34H,17H2,1-6H3,(H,32,35)/t24-,28+,29-/m0/s1. The Hall–Kier alpha value is -4.61. The molecule has 3 N–H and O–H groups in total. The fourth-order valence-corrected chi connectivity index (χ4v) is 4.65. The Kier molecular flexibility index (Phi) is 11.3. The highest BCUT2D eigenvalue weighted by atomic mass is 16.5. The van der Waals surface area contributed by atoms with Gasteiger partial charge in [0.2, 0.25) is 5.91 Å². The second-order valence-corrected chi connectivity index (χ2v) is 9.18. The highest BCUT2D eigenvalue weighted by Crippen LogP contribution is 2.45. The van der Waals surface area contributed by atoms with Crippen LogP contribution in [0.4, 0.5) is 0 Å². The molecule has 11 heteroatoms. The van der Waals surface area contributed by atoms with E-state index in [1.807, 2.05) is 30.3 Å². The Morgan fingerprint density at radius 1 is 0.762 bits per heavy atom. The van der Waals surface area contributed by atoms with Gasteiger partial charge < -0.3 is 34.1 Å². The number of aliphatic hydroxyl groups excluding tert-OH is 1. The highest BCUT2D eigenvalue weighted by Gasteiger charge is 2.32. The molecule has 1 amide bonds. The lowest BCUT2D eigenvalue weighted by molar-refractivity contribution is -0.145. The second-order valence-electron chi connectivity index (χ2n) is 9.18. The van der Waals surface area contributed by atoms with Gasteiger partial charge in [-0.2, -0.15) is 0 Å². The Bertz CT molecular complexity index is 1390. The van der Waals surface area contributed by atoms with Crippen LogP contribution in [0.2, 0.25) is 0 Å². The van der Waals surface area contributed by atoms with Gasteiger partial charge in [-0.1, -0.05) is 36.4 Å². The van der Waals surface area contributed by atoms with E-state index in [0.29, 0.717) is 39.5 Å². The molecule has 224 valence electrons. The monoisotopic (exact) mass is 580 g/mol. The number of hydrogen-bond acceptors (Lipinski definition) is 10. The van der Waals surface area contributed by atoms with E-state index in [4.69, 9.17) is 23.7 Å². The van der Waals surface area contributed by atoms with Crippen LogP contribution in [0, 0.1) is 0 Å². The minimum absolute atomic E-state index is 0.315. The third-order valence-electron chi connectivity index (χ3n) is 6.67. The van der Waals surface area contributed by atoms with Gasteiger partial charge in [0.05, 0.1) is 48.2 Å². The van der Waals surface area contributed by atoms with Crippen LogP contribution >= 0.6 is 0 Å². The summed E-state index contributed by atoms with van der Waals surface area (Å²) >= 11 is 0. The Labute approximate surface area is 244 Å². The average Bonchev–Trinajstić information content (AvgIpc) is 3.02. The van der Waals surface area contributed by atoms with Crippen molar-refractivity contribution in [2.24, 2.45) is 0 Å². The van der Waals surface area contributed by atoms with Crippen LogP contribution < -0.4 is 24.8 Å². The molecule has 0 bridgehead atoms. The molecule has 0 saturated heterocycles. The second kappa shape index (κ2) is 14.9. The summed E-state index contributed by atoms with van der Waals surface area (Å²) in [6.07, 6.45) is 0. The predicted molar refractivity (Wildman–Crippen MR) is 154 cm³/mol. The SMILES string of the molecule is COC(=O)[C@@H](N[C@@H](CO)c1ccccc1)c1cc(OC)cc(OC)c1-c1cc([C@@H](NC(C)=O)C(=O)OC)ccc1OC. The fraction of sp³-hybridized carbons (Fsp3) is 0.323. The van der Waals surface area contributed by atoms with Crippen molar-refractivity contribution in [1.29, 1.82) is 0 Å². The Morgan fingerprint density at radius 2 is 1.40 bits per heavy atom. The van der Waals surface area contributed by atoms with E-state index >= 15 is 0 Å². The van der Waals surface area contributed by atoms with Gasteiger partial charge in [-0.3, -0.25) is 10.1 Å². The molecule has 0 radical (unpaired) electrons. The topological polar surface area (TPSA) is 142 Å². The van der Waals surface area contributed by atoms with Crippen molar-refractivity contribution < 1.29 is 43.2 Å². The zero-order valence-corrected chi connectivity index (χ0v) is 24.4. The molecule has 42 heavy (non-hydrogen) atoms. The van der Waals surface area contributed by atoms with Crippen molar-refractivity contribution in [2.45, 2.75) is 25.0 Å². The maximum Gasteiger partial charge on any atom is 0.333 e. The summed E-state index contributed by atoms with van der Waals surface area (Å²) in [5, 5.41) is 16.1. The van der Waals surface area contributed by atoms with Crippen molar-refractivity contribution in [2.75, 3.05) is 42.2 Å². The minimum Gasteiger partial charge on any atom is -0.497 e. The van der Waals surface area contributed by atoms with E-state index in [9.17, 15) is 19.5 Å². The van der Waals surface area contributed by atoms with E-state index < -0.39 is 36.0 Å². The quantitative estimate of drug-likeness (QED) is 0.258. The maximum atomic E-state index is 13.4. The van der Waals surface area contributed by atoms with Gasteiger partial charge in [0.15, 0.2) is 6.04 Å². The number of ether oxygens (including phenoxy) is 5. The molecule has 0 saturated carbocycles. The Morgan fingerprint density at radius 3 is 1.95 bits per heavy atom. The van der Waals surface area contributed by atoms with Gasteiger partial charge in [0.1, 0.15) is 23.3 Å². The molecule has 0 aliphatic rings. The van der Waals surface area contributed by atoms with E-state index in [-0.39, 0.29) is 6.61 Å². The summed E-state index contributed by atoms with van der Waals surface area (Å²) < 4.78 is 27.1. The van der Waals surface area contributed by atoms with E-state index in [2.05, 4.69) is 10.6 Å². The number of hydrogen-bond donors (Lipinski definition) is 3. The molecule has 3 aromatic rings. The lowest BCUT2D eigenvalue weighted by atomic mass is 9.90. The molecule has 3 aromatic carbocycles. The number of amides is 1. The Balaban J connectivity index is 2.33. The number of nitrogens with one attached hydrogen (secondary N) is 2. The minimum atomic E-state index is -1.12. The van der Waals surface area contributed by atoms with Gasteiger partial charge in [0, 0.05) is 24.1 Å². The fourth-order valence-electron chi connectivity index (χ4n) is 4.65. The van der Waals surface area contributed by atoms with Crippen LogP contribution in [-0.2, 0) is 23.9 Å². The summed E-state index contributed by atoms with van der Waals surface area (Å²) in [4.78, 5) is 38.0. The van der Waals surface area contributed by atoms with Gasteiger partial charge >= 0.3 is 11.9 Å². The van der Waals surface area contributed by atoms with Crippen molar-refractivity contribution >= 4 is 17.8 Å². The van der Waals surface area contributed by atoms with Gasteiger partial charge in [0.25, 0.3) is 0 Å². The first-order chi connectivity index (χ1) is 20.2. The number of esters is 2. The smallest absolute Gasteiger partial charge is 0.333 e. The first-order valence-electron chi connectivity index (χ1n) is 13.0. The molecular weight excluding hydrogens is 544 g/mol. The molecule has 0 spiro atoms. The van der Waals surface area contributed by atoms with Crippen LogP contribution in [0.1, 0.15) is 41.7 Å². The highest BCUT2D eigenvalue weighted by molar-refractivity contribution is 5.89. The molecule has 0 aliphatic heterocycles. The summed E-state index contributed by atoms with van der Waals surface area (Å²) in [7, 11) is 6.92.